The van der Waals surface area contributed by atoms with E-state index in [0.717, 1.165) is 17.8 Å². The summed E-state index contributed by atoms with van der Waals surface area (Å²) in [6.07, 6.45) is 0.621. The van der Waals surface area contributed by atoms with Gasteiger partial charge in [0.2, 0.25) is 5.91 Å². The molecule has 0 spiro atoms. The Balaban J connectivity index is 1.88. The minimum Gasteiger partial charge on any atom is -0.351 e. The topological polar surface area (TPSA) is 56.6 Å². The molecule has 6 heteroatoms. The number of hydrogen-bond donors (Lipinski definition) is 0. The zero-order valence-electron chi connectivity index (χ0n) is 12.5. The summed E-state index contributed by atoms with van der Waals surface area (Å²) in [5, 5.41) is 4.40. The lowest BCUT2D eigenvalue weighted by Gasteiger charge is -2.29. The Morgan fingerprint density at radius 3 is 2.70 bits per heavy atom. The molecule has 1 aromatic heterocycles. The first kappa shape index (κ1) is 15.0. The van der Waals surface area contributed by atoms with Crippen LogP contribution >= 0.6 is 0 Å². The van der Waals surface area contributed by atoms with Crippen LogP contribution < -0.4 is 0 Å². The van der Waals surface area contributed by atoms with Gasteiger partial charge in [-0.25, -0.2) is 0 Å². The molecule has 0 N–H and O–H groups in total. The average molecular weight is 281 g/mol. The Hall–Kier alpha value is -1.40. The summed E-state index contributed by atoms with van der Waals surface area (Å²) in [7, 11) is 0. The van der Waals surface area contributed by atoms with Gasteiger partial charge in [0.15, 0.2) is 6.29 Å². The summed E-state index contributed by atoms with van der Waals surface area (Å²) in [5.74, 6) is 0.0318. The lowest BCUT2D eigenvalue weighted by atomic mass is 10.4. The predicted octanol–water partition coefficient (Wildman–Crippen LogP) is 1.11. The van der Waals surface area contributed by atoms with Crippen LogP contribution in [-0.4, -0.2) is 53.2 Å². The van der Waals surface area contributed by atoms with Gasteiger partial charge in [0.25, 0.3) is 0 Å². The quantitative estimate of drug-likeness (QED) is 0.811. The van der Waals surface area contributed by atoms with Gasteiger partial charge in [0.1, 0.15) is 0 Å². The number of hydrogen-bond acceptors (Lipinski definition) is 4. The molecule has 0 saturated carbocycles. The van der Waals surface area contributed by atoms with Crippen molar-refractivity contribution in [1.82, 2.24) is 14.7 Å². The fraction of sp³-hybridized carbons (Fsp3) is 0.714. The SMILES string of the molecule is CC(=O)N(CCn1nc(C)cc1C)CC1OCCCO1. The Bertz CT molecular complexity index is 453. The minimum absolute atomic E-state index is 0.0318. The standard InChI is InChI=1S/C14H23N3O3/c1-11-9-12(2)17(15-11)6-5-16(13(3)18)10-14-19-7-4-8-20-14/h9,14H,4-8,10H2,1-3H3. The first-order valence-corrected chi connectivity index (χ1v) is 7.06. The lowest BCUT2D eigenvalue weighted by Crippen LogP contribution is -2.42. The van der Waals surface area contributed by atoms with Gasteiger partial charge >= 0.3 is 0 Å². The van der Waals surface area contributed by atoms with Crippen LogP contribution in [0.25, 0.3) is 0 Å². The van der Waals surface area contributed by atoms with E-state index in [2.05, 4.69) is 5.10 Å². The van der Waals surface area contributed by atoms with Gasteiger partial charge in [0.05, 0.1) is 32.0 Å². The van der Waals surface area contributed by atoms with Crippen molar-refractivity contribution in [2.45, 2.75) is 40.0 Å². The zero-order valence-corrected chi connectivity index (χ0v) is 12.5. The molecule has 1 aliphatic heterocycles. The number of rotatable bonds is 5. The van der Waals surface area contributed by atoms with Gasteiger partial charge < -0.3 is 14.4 Å². The van der Waals surface area contributed by atoms with Crippen molar-refractivity contribution in [2.75, 3.05) is 26.3 Å². The highest BCUT2D eigenvalue weighted by atomic mass is 16.7. The van der Waals surface area contributed by atoms with Gasteiger partial charge in [-0.15, -0.1) is 0 Å². The van der Waals surface area contributed by atoms with Crippen LogP contribution in [0.5, 0.6) is 0 Å². The Morgan fingerprint density at radius 1 is 1.45 bits per heavy atom. The van der Waals surface area contributed by atoms with E-state index < -0.39 is 0 Å². The van der Waals surface area contributed by atoms with Gasteiger partial charge in [-0.1, -0.05) is 0 Å². The molecule has 0 aliphatic carbocycles. The third-order valence-electron chi connectivity index (χ3n) is 3.40. The molecule has 0 radical (unpaired) electrons. The molecule has 1 amide bonds. The first-order valence-electron chi connectivity index (χ1n) is 7.06. The Labute approximate surface area is 119 Å². The normalized spacial score (nSPS) is 16.4. The fourth-order valence-corrected chi connectivity index (χ4v) is 2.32. The summed E-state index contributed by atoms with van der Waals surface area (Å²) < 4.78 is 12.9. The third kappa shape index (κ3) is 4.05. The van der Waals surface area contributed by atoms with Crippen molar-refractivity contribution in [3.05, 3.63) is 17.5 Å². The summed E-state index contributed by atoms with van der Waals surface area (Å²) >= 11 is 0. The summed E-state index contributed by atoms with van der Waals surface area (Å²) in [5.41, 5.74) is 2.10. The van der Waals surface area contributed by atoms with E-state index in [-0.39, 0.29) is 12.2 Å². The van der Waals surface area contributed by atoms with Crippen LogP contribution in [0.2, 0.25) is 0 Å². The molecule has 1 aromatic rings. The average Bonchev–Trinajstić information content (AvgIpc) is 2.73. The van der Waals surface area contributed by atoms with Crippen LogP contribution in [-0.2, 0) is 20.8 Å². The third-order valence-corrected chi connectivity index (χ3v) is 3.40. The molecule has 0 unspecified atom stereocenters. The molecule has 2 heterocycles. The highest BCUT2D eigenvalue weighted by Crippen LogP contribution is 2.08. The maximum Gasteiger partial charge on any atom is 0.219 e. The van der Waals surface area contributed by atoms with Crippen LogP contribution in [0.1, 0.15) is 24.7 Å². The minimum atomic E-state index is -0.298. The van der Waals surface area contributed by atoms with E-state index in [0.29, 0.717) is 32.8 Å². The summed E-state index contributed by atoms with van der Waals surface area (Å²) in [6.45, 7) is 8.74. The van der Waals surface area contributed by atoms with Gasteiger partial charge in [-0.05, 0) is 26.3 Å². The molecular weight excluding hydrogens is 258 g/mol. The van der Waals surface area contributed by atoms with Crippen LogP contribution in [0.15, 0.2) is 6.07 Å². The predicted molar refractivity (Wildman–Crippen MR) is 74.3 cm³/mol. The molecule has 112 valence electrons. The maximum atomic E-state index is 11.7. The van der Waals surface area contributed by atoms with Crippen LogP contribution in [0, 0.1) is 13.8 Å². The Morgan fingerprint density at radius 2 is 2.15 bits per heavy atom. The van der Waals surface area contributed by atoms with E-state index in [1.54, 1.807) is 11.8 Å². The van der Waals surface area contributed by atoms with E-state index >= 15 is 0 Å². The lowest BCUT2D eigenvalue weighted by molar-refractivity contribution is -0.188. The molecule has 2 rings (SSSR count). The number of nitrogens with zero attached hydrogens (tertiary/aromatic N) is 3. The highest BCUT2D eigenvalue weighted by Gasteiger charge is 2.20. The van der Waals surface area contributed by atoms with Gasteiger partial charge in [-0.3, -0.25) is 9.48 Å². The second kappa shape index (κ2) is 6.85. The monoisotopic (exact) mass is 281 g/mol. The molecule has 6 nitrogen and oxygen atoms in total. The van der Waals surface area contributed by atoms with E-state index in [4.69, 9.17) is 9.47 Å². The number of carbonyl (C=O) groups is 1. The van der Waals surface area contributed by atoms with Crippen LogP contribution in [0.4, 0.5) is 0 Å². The number of amides is 1. The molecule has 1 saturated heterocycles. The first-order chi connectivity index (χ1) is 9.56. The van der Waals surface area contributed by atoms with Crippen molar-refractivity contribution in [2.24, 2.45) is 0 Å². The second-order valence-electron chi connectivity index (χ2n) is 5.14. The Kier molecular flexibility index (Phi) is 5.14. The van der Waals surface area contributed by atoms with Crippen molar-refractivity contribution in [3.63, 3.8) is 0 Å². The maximum absolute atomic E-state index is 11.7. The largest absolute Gasteiger partial charge is 0.351 e. The zero-order chi connectivity index (χ0) is 14.5. The van der Waals surface area contributed by atoms with Gasteiger partial charge in [-0.2, -0.15) is 5.10 Å². The number of aromatic nitrogens is 2. The molecular formula is C14H23N3O3. The molecule has 1 aliphatic rings. The van der Waals surface area contributed by atoms with Crippen molar-refractivity contribution in [1.29, 1.82) is 0 Å². The number of ether oxygens (including phenoxy) is 2. The molecule has 1 fully saturated rings. The fourth-order valence-electron chi connectivity index (χ4n) is 2.32. The van der Waals surface area contributed by atoms with Crippen molar-refractivity contribution < 1.29 is 14.3 Å². The molecule has 0 bridgehead atoms. The summed E-state index contributed by atoms with van der Waals surface area (Å²) in [4.78, 5) is 13.5. The molecule has 0 aromatic carbocycles. The van der Waals surface area contributed by atoms with Crippen molar-refractivity contribution >= 4 is 5.91 Å². The smallest absolute Gasteiger partial charge is 0.219 e. The van der Waals surface area contributed by atoms with E-state index in [1.807, 2.05) is 24.6 Å². The molecule has 20 heavy (non-hydrogen) atoms. The van der Waals surface area contributed by atoms with E-state index in [1.165, 1.54) is 0 Å². The number of carbonyl (C=O) groups excluding carboxylic acids is 1. The van der Waals surface area contributed by atoms with Crippen LogP contribution in [0.3, 0.4) is 0 Å². The van der Waals surface area contributed by atoms with Crippen molar-refractivity contribution in [3.8, 4) is 0 Å². The van der Waals surface area contributed by atoms with E-state index in [9.17, 15) is 4.79 Å². The molecule has 0 atom stereocenters. The number of aryl methyl sites for hydroxylation is 2. The van der Waals surface area contributed by atoms with Gasteiger partial charge in [0, 0.05) is 19.2 Å². The summed E-state index contributed by atoms with van der Waals surface area (Å²) in [6, 6.07) is 2.03. The highest BCUT2D eigenvalue weighted by molar-refractivity contribution is 5.73. The second-order valence-corrected chi connectivity index (χ2v) is 5.14.